The van der Waals surface area contributed by atoms with Gasteiger partial charge in [0.15, 0.2) is 5.65 Å². The molecule has 32 heavy (non-hydrogen) atoms. The highest BCUT2D eigenvalue weighted by molar-refractivity contribution is 5.94. The summed E-state index contributed by atoms with van der Waals surface area (Å²) in [5.74, 6) is 0.0875. The second-order valence-electron chi connectivity index (χ2n) is 8.30. The summed E-state index contributed by atoms with van der Waals surface area (Å²) in [6.07, 6.45) is 2.92. The van der Waals surface area contributed by atoms with Crippen LogP contribution in [0.3, 0.4) is 0 Å². The van der Waals surface area contributed by atoms with Gasteiger partial charge in [-0.1, -0.05) is 18.2 Å². The summed E-state index contributed by atoms with van der Waals surface area (Å²) in [4.78, 5) is 19.2. The Balaban J connectivity index is 1.31. The van der Waals surface area contributed by atoms with Crippen LogP contribution in [0.25, 0.3) is 28.2 Å². The number of imidazole rings is 1. The van der Waals surface area contributed by atoms with E-state index in [2.05, 4.69) is 33.8 Å². The third-order valence-corrected chi connectivity index (χ3v) is 6.30. The van der Waals surface area contributed by atoms with Gasteiger partial charge in [0.2, 0.25) is 0 Å². The van der Waals surface area contributed by atoms with Crippen molar-refractivity contribution in [2.75, 3.05) is 38.0 Å². The summed E-state index contributed by atoms with van der Waals surface area (Å²) in [6.45, 7) is 4.19. The smallest absolute Gasteiger partial charge is 0.253 e. The number of rotatable bonds is 3. The van der Waals surface area contributed by atoms with Crippen molar-refractivity contribution in [2.24, 2.45) is 0 Å². The number of amides is 1. The van der Waals surface area contributed by atoms with E-state index in [-0.39, 0.29) is 5.91 Å². The zero-order chi connectivity index (χ0) is 21.5. The number of fused-ring (bicyclic) bond motifs is 2. The molecule has 160 valence electrons. The summed E-state index contributed by atoms with van der Waals surface area (Å²) < 4.78 is 1.90. The molecule has 0 unspecified atom stereocenters. The Hall–Kier alpha value is -3.71. The van der Waals surface area contributed by atoms with E-state index in [0.29, 0.717) is 5.56 Å². The minimum Gasteiger partial charge on any atom is -0.384 e. The summed E-state index contributed by atoms with van der Waals surface area (Å²) in [5.41, 5.74) is 7.98. The molecular formula is C25H24N6O. The van der Waals surface area contributed by atoms with Crippen molar-refractivity contribution in [3.8, 4) is 22.5 Å². The number of nitrogens with one attached hydrogen (secondary N) is 2. The first-order valence-electron chi connectivity index (χ1n) is 11.1. The van der Waals surface area contributed by atoms with E-state index in [4.69, 9.17) is 5.10 Å². The average molecular weight is 425 g/mol. The van der Waals surface area contributed by atoms with Crippen molar-refractivity contribution >= 4 is 17.2 Å². The fraction of sp³-hybridized carbons (Fsp3) is 0.240. The van der Waals surface area contributed by atoms with Crippen LogP contribution >= 0.6 is 0 Å². The topological polar surface area (TPSA) is 74.6 Å². The van der Waals surface area contributed by atoms with E-state index in [0.717, 1.165) is 67.3 Å². The lowest BCUT2D eigenvalue weighted by molar-refractivity contribution is 0.0736. The number of piperazine rings is 1. The van der Waals surface area contributed by atoms with Gasteiger partial charge in [0.25, 0.3) is 5.91 Å². The van der Waals surface area contributed by atoms with Crippen molar-refractivity contribution in [3.63, 3.8) is 0 Å². The first kappa shape index (κ1) is 19.0. The highest BCUT2D eigenvalue weighted by Gasteiger charge is 2.18. The van der Waals surface area contributed by atoms with E-state index in [1.807, 2.05) is 52.0 Å². The third kappa shape index (κ3) is 3.31. The van der Waals surface area contributed by atoms with Crippen LogP contribution in [0.4, 0.5) is 5.69 Å². The molecule has 0 bridgehead atoms. The van der Waals surface area contributed by atoms with Crippen molar-refractivity contribution in [1.29, 1.82) is 0 Å². The maximum absolute atomic E-state index is 12.7. The number of carbonyl (C=O) groups excluding carboxylic acids is 1. The minimum atomic E-state index is 0.0875. The molecule has 2 aliphatic heterocycles. The number of hydrogen-bond acceptors (Lipinski definition) is 5. The Kier molecular flexibility index (Phi) is 4.61. The second kappa shape index (κ2) is 7.76. The van der Waals surface area contributed by atoms with Crippen molar-refractivity contribution in [2.45, 2.75) is 6.42 Å². The SMILES string of the molecule is O=C(c1ccc(-c2ccc3ncc(-c4ccc5c(c4)CCN5)n3n2)cc1)N1CCNCC1. The van der Waals surface area contributed by atoms with Crippen LogP contribution in [0.1, 0.15) is 15.9 Å². The van der Waals surface area contributed by atoms with Crippen molar-refractivity contribution in [1.82, 2.24) is 24.8 Å². The fourth-order valence-corrected chi connectivity index (χ4v) is 4.52. The Bertz CT molecular complexity index is 1300. The zero-order valence-corrected chi connectivity index (χ0v) is 17.7. The predicted molar refractivity (Wildman–Crippen MR) is 125 cm³/mol. The lowest BCUT2D eigenvalue weighted by Gasteiger charge is -2.27. The summed E-state index contributed by atoms with van der Waals surface area (Å²) >= 11 is 0. The van der Waals surface area contributed by atoms with Gasteiger partial charge < -0.3 is 15.5 Å². The highest BCUT2D eigenvalue weighted by Crippen LogP contribution is 2.29. The van der Waals surface area contributed by atoms with Crippen LogP contribution in [0.15, 0.2) is 60.8 Å². The molecular weight excluding hydrogens is 400 g/mol. The molecule has 0 saturated carbocycles. The Morgan fingerprint density at radius 1 is 0.906 bits per heavy atom. The molecule has 1 amide bonds. The summed E-state index contributed by atoms with van der Waals surface area (Å²) in [5, 5.41) is 11.6. The average Bonchev–Trinajstić information content (AvgIpc) is 3.50. The number of anilines is 1. The van der Waals surface area contributed by atoms with Gasteiger partial charge in [-0.15, -0.1) is 0 Å². The maximum Gasteiger partial charge on any atom is 0.253 e. The van der Waals surface area contributed by atoms with Crippen molar-refractivity contribution < 1.29 is 4.79 Å². The Morgan fingerprint density at radius 3 is 2.56 bits per heavy atom. The molecule has 1 fully saturated rings. The van der Waals surface area contributed by atoms with E-state index < -0.39 is 0 Å². The van der Waals surface area contributed by atoms with Crippen LogP contribution in [-0.4, -0.2) is 58.1 Å². The standard InChI is InChI=1S/C25H24N6O/c32-25(30-13-11-26-12-14-30)18-3-1-17(2-4-18)22-7-8-24-28-16-23(31(24)29-22)20-5-6-21-19(15-20)9-10-27-21/h1-8,15-16,26-27H,9-14H2. The molecule has 2 N–H and O–H groups in total. The number of hydrogen-bond donors (Lipinski definition) is 2. The summed E-state index contributed by atoms with van der Waals surface area (Å²) in [6, 6.07) is 18.2. The largest absolute Gasteiger partial charge is 0.384 e. The molecule has 0 radical (unpaired) electrons. The van der Waals surface area contributed by atoms with E-state index in [1.54, 1.807) is 0 Å². The molecule has 1 saturated heterocycles. The van der Waals surface area contributed by atoms with E-state index >= 15 is 0 Å². The first-order chi connectivity index (χ1) is 15.8. The van der Waals surface area contributed by atoms with Gasteiger partial charge in [-0.2, -0.15) is 5.10 Å². The molecule has 7 nitrogen and oxygen atoms in total. The Labute approximate surface area is 186 Å². The number of carbonyl (C=O) groups is 1. The van der Waals surface area contributed by atoms with Crippen molar-refractivity contribution in [3.05, 3.63) is 71.9 Å². The molecule has 2 aromatic carbocycles. The molecule has 7 heteroatoms. The van der Waals surface area contributed by atoms with Gasteiger partial charge in [0, 0.05) is 55.1 Å². The van der Waals surface area contributed by atoms with Gasteiger partial charge in [0.05, 0.1) is 17.6 Å². The van der Waals surface area contributed by atoms with Gasteiger partial charge in [0.1, 0.15) is 0 Å². The molecule has 2 aromatic heterocycles. The number of benzene rings is 2. The van der Waals surface area contributed by atoms with Crippen LogP contribution in [0.5, 0.6) is 0 Å². The maximum atomic E-state index is 12.7. The molecule has 0 aliphatic carbocycles. The van der Waals surface area contributed by atoms with Gasteiger partial charge >= 0.3 is 0 Å². The third-order valence-electron chi connectivity index (χ3n) is 6.30. The monoisotopic (exact) mass is 424 g/mol. The first-order valence-corrected chi connectivity index (χ1v) is 11.1. The molecule has 6 rings (SSSR count). The zero-order valence-electron chi connectivity index (χ0n) is 17.7. The number of nitrogens with zero attached hydrogens (tertiary/aromatic N) is 4. The second-order valence-corrected chi connectivity index (χ2v) is 8.30. The molecule has 0 spiro atoms. The molecule has 2 aliphatic rings. The van der Waals surface area contributed by atoms with Crippen LogP contribution in [0.2, 0.25) is 0 Å². The van der Waals surface area contributed by atoms with Gasteiger partial charge in [-0.3, -0.25) is 4.79 Å². The lowest BCUT2D eigenvalue weighted by Crippen LogP contribution is -2.46. The van der Waals surface area contributed by atoms with Crippen LogP contribution in [-0.2, 0) is 6.42 Å². The predicted octanol–water partition coefficient (Wildman–Crippen LogP) is 3.08. The minimum absolute atomic E-state index is 0.0875. The van der Waals surface area contributed by atoms with Gasteiger partial charge in [-0.25, -0.2) is 9.50 Å². The highest BCUT2D eigenvalue weighted by atomic mass is 16.2. The molecule has 0 atom stereocenters. The summed E-state index contributed by atoms with van der Waals surface area (Å²) in [7, 11) is 0. The number of aromatic nitrogens is 3. The van der Waals surface area contributed by atoms with E-state index in [9.17, 15) is 4.79 Å². The normalized spacial score (nSPS) is 15.6. The molecule has 4 aromatic rings. The lowest BCUT2D eigenvalue weighted by atomic mass is 10.1. The molecule has 4 heterocycles. The quantitative estimate of drug-likeness (QED) is 0.529. The van der Waals surface area contributed by atoms with Crippen LogP contribution in [0, 0.1) is 0 Å². The van der Waals surface area contributed by atoms with Gasteiger partial charge in [-0.05, 0) is 48.4 Å². The van der Waals surface area contributed by atoms with Crippen LogP contribution < -0.4 is 10.6 Å². The fourth-order valence-electron chi connectivity index (χ4n) is 4.52. The Morgan fingerprint density at radius 2 is 1.72 bits per heavy atom. The van der Waals surface area contributed by atoms with E-state index in [1.165, 1.54) is 11.3 Å².